The van der Waals surface area contributed by atoms with Gasteiger partial charge in [0.2, 0.25) is 0 Å². The molecule has 1 saturated carbocycles. The summed E-state index contributed by atoms with van der Waals surface area (Å²) in [7, 11) is -2.69. The van der Waals surface area contributed by atoms with Gasteiger partial charge in [-0.3, -0.25) is 0 Å². The van der Waals surface area contributed by atoms with E-state index < -0.39 is 9.84 Å². The van der Waals surface area contributed by atoms with Gasteiger partial charge in [0.15, 0.2) is 9.84 Å². The summed E-state index contributed by atoms with van der Waals surface area (Å²) < 4.78 is 22.7. The minimum Gasteiger partial charge on any atom is -0.314 e. The fourth-order valence-electron chi connectivity index (χ4n) is 1.16. The van der Waals surface area contributed by atoms with Gasteiger partial charge in [-0.05, 0) is 12.8 Å². The van der Waals surface area contributed by atoms with Crippen LogP contribution in [0.25, 0.3) is 0 Å². The molecule has 5 heteroatoms. The summed E-state index contributed by atoms with van der Waals surface area (Å²) in [6.07, 6.45) is 1.80. The highest BCUT2D eigenvalue weighted by Crippen LogP contribution is 2.32. The number of hydrogen-bond donors (Lipinski definition) is 1. The van der Waals surface area contributed by atoms with Crippen molar-refractivity contribution in [3.05, 3.63) is 0 Å². The minimum absolute atomic E-state index is 0. The molecule has 2 rings (SSSR count). The third kappa shape index (κ3) is 1.53. The van der Waals surface area contributed by atoms with Crippen LogP contribution in [0.4, 0.5) is 0 Å². The Bertz CT molecular complexity index is 231. The lowest BCUT2D eigenvalue weighted by molar-refractivity contribution is 0.494. The second kappa shape index (κ2) is 2.92. The molecule has 2 fully saturated rings. The standard InChI is InChI=1S/C6H11NO2S.ClH/c8-10(9,5-1-2-5)6-3-7-4-6;/h5-7H,1-4H2;1H. The van der Waals surface area contributed by atoms with Crippen LogP contribution in [-0.4, -0.2) is 32.0 Å². The highest BCUT2D eigenvalue weighted by atomic mass is 35.5. The van der Waals surface area contributed by atoms with Crippen molar-refractivity contribution in [3.8, 4) is 0 Å². The number of rotatable bonds is 2. The molecule has 11 heavy (non-hydrogen) atoms. The first-order chi connectivity index (χ1) is 4.71. The monoisotopic (exact) mass is 197 g/mol. The molecule has 0 aromatic rings. The molecule has 0 radical (unpaired) electrons. The maximum atomic E-state index is 11.3. The van der Waals surface area contributed by atoms with Crippen LogP contribution < -0.4 is 5.32 Å². The molecule has 1 aliphatic heterocycles. The molecule has 0 unspecified atom stereocenters. The molecule has 0 amide bonds. The minimum atomic E-state index is -2.69. The molecule has 2 aliphatic rings. The zero-order valence-electron chi connectivity index (χ0n) is 6.12. The molecule has 3 nitrogen and oxygen atoms in total. The van der Waals surface area contributed by atoms with E-state index in [2.05, 4.69) is 5.32 Å². The summed E-state index contributed by atoms with van der Waals surface area (Å²) in [5.41, 5.74) is 0. The number of nitrogens with one attached hydrogen (secondary N) is 1. The predicted molar refractivity (Wildman–Crippen MR) is 45.8 cm³/mol. The van der Waals surface area contributed by atoms with Gasteiger partial charge in [0.05, 0.1) is 10.5 Å². The second-order valence-corrected chi connectivity index (χ2v) is 5.58. The molecule has 0 bridgehead atoms. The summed E-state index contributed by atoms with van der Waals surface area (Å²) in [5, 5.41) is 2.94. The van der Waals surface area contributed by atoms with Gasteiger partial charge in [-0.25, -0.2) is 8.42 Å². The molecule has 0 aromatic carbocycles. The van der Waals surface area contributed by atoms with Crippen molar-refractivity contribution in [2.45, 2.75) is 23.3 Å². The van der Waals surface area contributed by atoms with Gasteiger partial charge in [-0.15, -0.1) is 12.4 Å². The molecular weight excluding hydrogens is 186 g/mol. The van der Waals surface area contributed by atoms with E-state index in [1.165, 1.54) is 0 Å². The van der Waals surface area contributed by atoms with Gasteiger partial charge in [0, 0.05) is 13.1 Å². The van der Waals surface area contributed by atoms with E-state index in [0.717, 1.165) is 12.8 Å². The Labute approximate surface area is 72.9 Å². The Hall–Kier alpha value is 0.200. The summed E-state index contributed by atoms with van der Waals surface area (Å²) >= 11 is 0. The van der Waals surface area contributed by atoms with Gasteiger partial charge in [-0.1, -0.05) is 0 Å². The Morgan fingerprint density at radius 3 is 1.91 bits per heavy atom. The van der Waals surface area contributed by atoms with Crippen LogP contribution in [0, 0.1) is 0 Å². The van der Waals surface area contributed by atoms with Gasteiger partial charge in [0.1, 0.15) is 0 Å². The zero-order valence-corrected chi connectivity index (χ0v) is 7.75. The molecule has 1 saturated heterocycles. The van der Waals surface area contributed by atoms with Crippen molar-refractivity contribution >= 4 is 22.2 Å². The molecular formula is C6H12ClNO2S. The molecule has 1 heterocycles. The fourth-order valence-corrected chi connectivity index (χ4v) is 3.20. The average Bonchev–Trinajstić information content (AvgIpc) is 2.32. The Balaban J connectivity index is 0.000000605. The topological polar surface area (TPSA) is 46.2 Å². The first-order valence-corrected chi connectivity index (χ1v) is 5.25. The lowest BCUT2D eigenvalue weighted by Crippen LogP contribution is -2.52. The fraction of sp³-hybridized carbons (Fsp3) is 1.00. The molecule has 0 aromatic heterocycles. The van der Waals surface area contributed by atoms with Crippen LogP contribution >= 0.6 is 12.4 Å². The number of halogens is 1. The maximum Gasteiger partial charge on any atom is 0.158 e. The van der Waals surface area contributed by atoms with Crippen LogP contribution in [0.15, 0.2) is 0 Å². The molecule has 1 aliphatic carbocycles. The normalized spacial score (nSPS) is 25.5. The van der Waals surface area contributed by atoms with E-state index in [4.69, 9.17) is 0 Å². The van der Waals surface area contributed by atoms with Crippen LogP contribution in [0.5, 0.6) is 0 Å². The van der Waals surface area contributed by atoms with Crippen LogP contribution in [0.1, 0.15) is 12.8 Å². The molecule has 1 N–H and O–H groups in total. The Kier molecular flexibility index (Phi) is 2.46. The largest absolute Gasteiger partial charge is 0.314 e. The van der Waals surface area contributed by atoms with Gasteiger partial charge >= 0.3 is 0 Å². The van der Waals surface area contributed by atoms with Gasteiger partial charge in [0.25, 0.3) is 0 Å². The molecule has 66 valence electrons. The molecule has 0 spiro atoms. The summed E-state index contributed by atoms with van der Waals surface area (Å²) in [6, 6.07) is 0. The highest BCUT2D eigenvalue weighted by Gasteiger charge is 2.43. The zero-order chi connectivity index (χ0) is 7.19. The van der Waals surface area contributed by atoms with Crippen molar-refractivity contribution in [2.75, 3.05) is 13.1 Å². The average molecular weight is 198 g/mol. The Morgan fingerprint density at radius 2 is 1.64 bits per heavy atom. The predicted octanol–water partition coefficient (Wildman–Crippen LogP) is -0.0428. The summed E-state index contributed by atoms with van der Waals surface area (Å²) in [6.45, 7) is 1.36. The maximum absolute atomic E-state index is 11.3. The molecule has 0 atom stereocenters. The van der Waals surface area contributed by atoms with Crippen molar-refractivity contribution < 1.29 is 8.42 Å². The van der Waals surface area contributed by atoms with E-state index in [-0.39, 0.29) is 22.9 Å². The Morgan fingerprint density at radius 1 is 1.09 bits per heavy atom. The first kappa shape index (κ1) is 9.29. The smallest absolute Gasteiger partial charge is 0.158 e. The van der Waals surface area contributed by atoms with E-state index in [0.29, 0.717) is 13.1 Å². The van der Waals surface area contributed by atoms with Gasteiger partial charge < -0.3 is 5.32 Å². The SMILES string of the molecule is Cl.O=S(=O)(C1CC1)C1CNC1. The number of sulfone groups is 1. The van der Waals surface area contributed by atoms with Crippen molar-refractivity contribution in [1.29, 1.82) is 0 Å². The van der Waals surface area contributed by atoms with E-state index in [1.807, 2.05) is 0 Å². The lowest BCUT2D eigenvalue weighted by Gasteiger charge is -2.26. The van der Waals surface area contributed by atoms with Gasteiger partial charge in [-0.2, -0.15) is 0 Å². The number of hydrogen-bond acceptors (Lipinski definition) is 3. The third-order valence-electron chi connectivity index (χ3n) is 2.20. The van der Waals surface area contributed by atoms with Crippen LogP contribution in [0.3, 0.4) is 0 Å². The quantitative estimate of drug-likeness (QED) is 0.676. The second-order valence-electron chi connectivity index (χ2n) is 3.07. The lowest BCUT2D eigenvalue weighted by atomic mass is 10.3. The van der Waals surface area contributed by atoms with Crippen LogP contribution in [0.2, 0.25) is 0 Å². The third-order valence-corrected chi connectivity index (χ3v) is 4.86. The van der Waals surface area contributed by atoms with Crippen molar-refractivity contribution in [1.82, 2.24) is 5.32 Å². The summed E-state index contributed by atoms with van der Waals surface area (Å²) in [4.78, 5) is 0. The van der Waals surface area contributed by atoms with E-state index >= 15 is 0 Å². The first-order valence-electron chi connectivity index (χ1n) is 3.64. The summed E-state index contributed by atoms with van der Waals surface area (Å²) in [5.74, 6) is 0. The van der Waals surface area contributed by atoms with Crippen molar-refractivity contribution in [2.24, 2.45) is 0 Å². The van der Waals surface area contributed by atoms with Crippen LogP contribution in [-0.2, 0) is 9.84 Å². The van der Waals surface area contributed by atoms with E-state index in [9.17, 15) is 8.42 Å². The van der Waals surface area contributed by atoms with Crippen molar-refractivity contribution in [3.63, 3.8) is 0 Å². The highest BCUT2D eigenvalue weighted by molar-refractivity contribution is 7.93. The van der Waals surface area contributed by atoms with E-state index in [1.54, 1.807) is 0 Å².